The second kappa shape index (κ2) is 9.62. The van der Waals surface area contributed by atoms with Crippen LogP contribution in [0.15, 0.2) is 73.4 Å². The molecule has 0 bridgehead atoms. The van der Waals surface area contributed by atoms with Crippen LogP contribution in [0.2, 0.25) is 0 Å². The predicted molar refractivity (Wildman–Crippen MR) is 144 cm³/mol. The molecule has 0 atom stereocenters. The maximum absolute atomic E-state index is 12.2. The summed E-state index contributed by atoms with van der Waals surface area (Å²) in [6.07, 6.45) is 11.0. The van der Waals surface area contributed by atoms with Crippen molar-refractivity contribution in [2.45, 2.75) is 26.2 Å². The van der Waals surface area contributed by atoms with Crippen LogP contribution in [0.5, 0.6) is 0 Å². The van der Waals surface area contributed by atoms with E-state index in [0.29, 0.717) is 12.1 Å². The first-order valence-corrected chi connectivity index (χ1v) is 12.2. The number of nitrogens with one attached hydrogen (secondary N) is 3. The second-order valence-corrected chi connectivity index (χ2v) is 8.82. The van der Waals surface area contributed by atoms with E-state index in [4.69, 9.17) is 0 Å². The van der Waals surface area contributed by atoms with Crippen LogP contribution in [-0.4, -0.2) is 41.0 Å². The average Bonchev–Trinajstić information content (AvgIpc) is 3.56. The lowest BCUT2D eigenvalue weighted by atomic mass is 10.1. The van der Waals surface area contributed by atoms with Gasteiger partial charge in [0, 0.05) is 46.9 Å². The Morgan fingerprint density at radius 3 is 2.76 bits per heavy atom. The Balaban J connectivity index is 1.37. The third kappa shape index (κ3) is 4.42. The molecule has 6 aromatic rings. The highest BCUT2D eigenvalue weighted by atomic mass is 16.1. The zero-order valence-electron chi connectivity index (χ0n) is 20.2. The number of carbonyl (C=O) groups is 1. The van der Waals surface area contributed by atoms with Crippen molar-refractivity contribution in [2.75, 3.05) is 5.32 Å². The summed E-state index contributed by atoms with van der Waals surface area (Å²) < 4.78 is 0. The second-order valence-electron chi connectivity index (χ2n) is 8.82. The van der Waals surface area contributed by atoms with E-state index < -0.39 is 0 Å². The summed E-state index contributed by atoms with van der Waals surface area (Å²) in [5.41, 5.74) is 7.24. The number of carbonyl (C=O) groups excluding carboxylic acids is 1. The van der Waals surface area contributed by atoms with E-state index in [9.17, 15) is 4.79 Å². The first-order valence-electron chi connectivity index (χ1n) is 12.2. The molecule has 0 saturated heterocycles. The summed E-state index contributed by atoms with van der Waals surface area (Å²) in [5.74, 6) is -0.0150. The van der Waals surface area contributed by atoms with Gasteiger partial charge in [-0.3, -0.25) is 24.8 Å². The zero-order chi connectivity index (χ0) is 25.2. The number of unbranched alkanes of at least 4 members (excludes halogenated alkanes) is 1. The van der Waals surface area contributed by atoms with Gasteiger partial charge in [-0.05, 0) is 42.8 Å². The fraction of sp³-hybridized carbons (Fsp3) is 0.143. The van der Waals surface area contributed by atoms with Crippen LogP contribution < -0.4 is 5.32 Å². The maximum Gasteiger partial charge on any atom is 0.224 e. The van der Waals surface area contributed by atoms with E-state index >= 15 is 0 Å². The predicted octanol–water partition coefficient (Wildman–Crippen LogP) is 5.75. The Kier molecular flexibility index (Phi) is 5.86. The normalized spacial score (nSPS) is 11.3. The van der Waals surface area contributed by atoms with Crippen LogP contribution in [0.4, 0.5) is 5.69 Å². The van der Waals surface area contributed by atoms with Crippen molar-refractivity contribution < 1.29 is 4.79 Å². The number of hydrogen-bond acceptors (Lipinski definition) is 6. The van der Waals surface area contributed by atoms with Crippen LogP contribution >= 0.6 is 0 Å². The fourth-order valence-corrected chi connectivity index (χ4v) is 4.39. The number of fused-ring (bicyclic) bond motifs is 2. The number of pyridine rings is 4. The van der Waals surface area contributed by atoms with Crippen molar-refractivity contribution in [3.05, 3.63) is 73.4 Å². The number of amides is 1. The van der Waals surface area contributed by atoms with Gasteiger partial charge in [0.25, 0.3) is 0 Å². The van der Waals surface area contributed by atoms with Crippen molar-refractivity contribution in [3.63, 3.8) is 0 Å². The fourth-order valence-electron chi connectivity index (χ4n) is 4.39. The summed E-state index contributed by atoms with van der Waals surface area (Å²) >= 11 is 0. The molecule has 182 valence electrons. The van der Waals surface area contributed by atoms with Crippen LogP contribution in [0, 0.1) is 0 Å². The minimum Gasteiger partial charge on any atom is -0.338 e. The quantitative estimate of drug-likeness (QED) is 0.263. The van der Waals surface area contributed by atoms with E-state index in [-0.39, 0.29) is 5.91 Å². The van der Waals surface area contributed by atoms with Crippen molar-refractivity contribution >= 4 is 33.5 Å². The molecule has 3 N–H and O–H groups in total. The number of nitrogens with zero attached hydrogens (tertiary/aromatic N) is 5. The third-order valence-corrected chi connectivity index (χ3v) is 6.25. The van der Waals surface area contributed by atoms with Crippen LogP contribution in [0.25, 0.3) is 55.8 Å². The summed E-state index contributed by atoms with van der Waals surface area (Å²) in [5, 5.41) is 12.5. The van der Waals surface area contributed by atoms with Gasteiger partial charge < -0.3 is 10.3 Å². The van der Waals surface area contributed by atoms with E-state index in [1.54, 1.807) is 31.0 Å². The summed E-state index contributed by atoms with van der Waals surface area (Å²) in [6, 6.07) is 13.7. The summed E-state index contributed by atoms with van der Waals surface area (Å²) in [6.45, 7) is 2.06. The van der Waals surface area contributed by atoms with Gasteiger partial charge in [-0.15, -0.1) is 0 Å². The molecule has 0 aromatic carbocycles. The molecule has 6 aromatic heterocycles. The van der Waals surface area contributed by atoms with Crippen molar-refractivity contribution in [1.82, 2.24) is 35.1 Å². The number of anilines is 1. The molecule has 6 heterocycles. The van der Waals surface area contributed by atoms with Gasteiger partial charge in [-0.2, -0.15) is 5.10 Å². The highest BCUT2D eigenvalue weighted by molar-refractivity contribution is 6.00. The molecule has 9 nitrogen and oxygen atoms in total. The number of aromatic nitrogens is 7. The van der Waals surface area contributed by atoms with E-state index in [2.05, 4.69) is 53.4 Å². The van der Waals surface area contributed by atoms with E-state index in [1.165, 1.54) is 0 Å². The topological polar surface area (TPSA) is 125 Å². The van der Waals surface area contributed by atoms with E-state index in [0.717, 1.165) is 68.7 Å². The molecule has 37 heavy (non-hydrogen) atoms. The maximum atomic E-state index is 12.2. The Morgan fingerprint density at radius 2 is 1.89 bits per heavy atom. The highest BCUT2D eigenvalue weighted by Gasteiger charge is 2.16. The van der Waals surface area contributed by atoms with Gasteiger partial charge in [0.2, 0.25) is 5.91 Å². The molecule has 9 heteroatoms. The molecular weight excluding hydrogens is 464 g/mol. The van der Waals surface area contributed by atoms with Crippen LogP contribution in [0.3, 0.4) is 0 Å². The first kappa shape index (κ1) is 22.5. The molecule has 0 radical (unpaired) electrons. The van der Waals surface area contributed by atoms with Gasteiger partial charge in [0.15, 0.2) is 0 Å². The van der Waals surface area contributed by atoms with Crippen molar-refractivity contribution in [1.29, 1.82) is 0 Å². The van der Waals surface area contributed by atoms with Crippen molar-refractivity contribution in [3.8, 4) is 33.9 Å². The van der Waals surface area contributed by atoms with Crippen LogP contribution in [-0.2, 0) is 4.79 Å². The summed E-state index contributed by atoms with van der Waals surface area (Å²) in [4.78, 5) is 33.5. The molecule has 0 aliphatic heterocycles. The van der Waals surface area contributed by atoms with Gasteiger partial charge in [0.1, 0.15) is 11.3 Å². The molecule has 6 rings (SSSR count). The monoisotopic (exact) mass is 488 g/mol. The molecule has 0 saturated carbocycles. The molecule has 0 aliphatic carbocycles. The lowest BCUT2D eigenvalue weighted by molar-refractivity contribution is -0.116. The number of aromatic amines is 2. The highest BCUT2D eigenvalue weighted by Crippen LogP contribution is 2.33. The third-order valence-electron chi connectivity index (χ3n) is 6.25. The van der Waals surface area contributed by atoms with Gasteiger partial charge in [0.05, 0.1) is 40.7 Å². The van der Waals surface area contributed by atoms with E-state index in [1.807, 2.05) is 36.4 Å². The van der Waals surface area contributed by atoms with Crippen LogP contribution in [0.1, 0.15) is 26.2 Å². The molecular formula is C28H24N8O. The summed E-state index contributed by atoms with van der Waals surface area (Å²) in [7, 11) is 0. The average molecular weight is 489 g/mol. The molecule has 0 spiro atoms. The SMILES string of the molecule is CCCCC(=O)Nc1cncc(-c2cc3c(-c4cc5c(-c6ccccn6)ccnc5[nH]4)n[nH]c3cn2)c1. The number of rotatable bonds is 7. The largest absolute Gasteiger partial charge is 0.338 e. The molecule has 0 unspecified atom stereocenters. The Labute approximate surface area is 212 Å². The molecule has 1 amide bonds. The zero-order valence-corrected chi connectivity index (χ0v) is 20.2. The van der Waals surface area contributed by atoms with Crippen molar-refractivity contribution in [2.24, 2.45) is 0 Å². The Hall–Kier alpha value is -4.92. The Bertz CT molecular complexity index is 1720. The minimum absolute atomic E-state index is 0.0150. The standard InChI is InChI=1S/C28H24N8O/c1-2-3-7-26(37)33-18-11-17(14-29-15-18)23-13-21-25(16-32-23)35-36-27(21)24-12-20-19(8-10-31-28(20)34-24)22-6-4-5-9-30-22/h4-6,8-16H,2-3,7H2,1H3,(H,31,34)(H,33,37)(H,35,36). The van der Waals surface area contributed by atoms with Gasteiger partial charge in [-0.1, -0.05) is 19.4 Å². The lowest BCUT2D eigenvalue weighted by Gasteiger charge is -2.07. The van der Waals surface area contributed by atoms with Gasteiger partial charge in [-0.25, -0.2) is 4.98 Å². The minimum atomic E-state index is -0.0150. The number of hydrogen-bond donors (Lipinski definition) is 3. The lowest BCUT2D eigenvalue weighted by Crippen LogP contribution is -2.11. The molecule has 0 aliphatic rings. The Morgan fingerprint density at radius 1 is 0.946 bits per heavy atom. The smallest absolute Gasteiger partial charge is 0.224 e. The molecule has 0 fully saturated rings. The number of H-pyrrole nitrogens is 2. The van der Waals surface area contributed by atoms with Gasteiger partial charge >= 0.3 is 0 Å². The first-order chi connectivity index (χ1) is 18.2.